The summed E-state index contributed by atoms with van der Waals surface area (Å²) in [7, 11) is 0. The van der Waals surface area contributed by atoms with Crippen molar-refractivity contribution in [1.29, 1.82) is 0 Å². The Morgan fingerprint density at radius 1 is 0.677 bits per heavy atom. The summed E-state index contributed by atoms with van der Waals surface area (Å²) in [5.41, 5.74) is 1.05. The Kier molecular flexibility index (Phi) is 18.0. The lowest BCUT2D eigenvalue weighted by Gasteiger charge is -2.30. The smallest absolute Gasteiger partial charge is 0.339 e. The standard InChI is InChI=1S/C24H46O7/c1-6-9-19(12-15-25)29-23(28)22(18(4)5)24(30-20(10-7-2)13-16-26)31-21(11-8-3)14-17-27/h19-21,24-27H,6-17H2,1-5H3. The van der Waals surface area contributed by atoms with E-state index >= 15 is 0 Å². The third-order valence-electron chi connectivity index (χ3n) is 5.09. The minimum Gasteiger partial charge on any atom is -0.459 e. The number of carbonyl (C=O) groups excluding carboxylic acids is 1. The van der Waals surface area contributed by atoms with Gasteiger partial charge in [0.15, 0.2) is 6.29 Å². The maximum absolute atomic E-state index is 13.2. The van der Waals surface area contributed by atoms with Gasteiger partial charge in [-0.3, -0.25) is 0 Å². The zero-order chi connectivity index (χ0) is 23.6. The highest BCUT2D eigenvalue weighted by Crippen LogP contribution is 2.25. The predicted octanol–water partition coefficient (Wildman–Crippen LogP) is 3.88. The van der Waals surface area contributed by atoms with E-state index in [1.165, 1.54) is 0 Å². The molecule has 0 heterocycles. The molecule has 0 amide bonds. The Hall–Kier alpha value is -0.990. The molecule has 0 bridgehead atoms. The van der Waals surface area contributed by atoms with Crippen LogP contribution in [-0.2, 0) is 19.0 Å². The van der Waals surface area contributed by atoms with Crippen molar-refractivity contribution >= 4 is 5.97 Å². The van der Waals surface area contributed by atoms with Crippen LogP contribution in [0.4, 0.5) is 0 Å². The zero-order valence-corrected chi connectivity index (χ0v) is 20.3. The molecule has 3 atom stereocenters. The van der Waals surface area contributed by atoms with Crippen LogP contribution >= 0.6 is 0 Å². The first-order valence-electron chi connectivity index (χ1n) is 11.9. The molecular weight excluding hydrogens is 400 g/mol. The molecule has 0 radical (unpaired) electrons. The van der Waals surface area contributed by atoms with E-state index in [2.05, 4.69) is 0 Å². The van der Waals surface area contributed by atoms with E-state index < -0.39 is 12.3 Å². The van der Waals surface area contributed by atoms with E-state index in [4.69, 9.17) is 14.2 Å². The van der Waals surface area contributed by atoms with Crippen LogP contribution in [0.25, 0.3) is 0 Å². The minimum atomic E-state index is -0.944. The molecule has 3 N–H and O–H groups in total. The molecule has 0 aliphatic heterocycles. The third kappa shape index (κ3) is 12.6. The van der Waals surface area contributed by atoms with Crippen molar-refractivity contribution in [3.05, 3.63) is 11.1 Å². The molecule has 0 saturated heterocycles. The van der Waals surface area contributed by atoms with E-state index in [1.54, 1.807) is 0 Å². The zero-order valence-electron chi connectivity index (χ0n) is 20.3. The van der Waals surface area contributed by atoms with Crippen LogP contribution in [0.1, 0.15) is 92.4 Å². The van der Waals surface area contributed by atoms with Crippen LogP contribution in [0.15, 0.2) is 11.1 Å². The molecule has 3 unspecified atom stereocenters. The van der Waals surface area contributed by atoms with E-state index in [9.17, 15) is 20.1 Å². The summed E-state index contributed by atoms with van der Waals surface area (Å²) in [5, 5.41) is 28.2. The number of hydrogen-bond acceptors (Lipinski definition) is 7. The second kappa shape index (κ2) is 18.6. The number of allylic oxidation sites excluding steroid dienone is 1. The van der Waals surface area contributed by atoms with Gasteiger partial charge in [-0.1, -0.05) is 45.6 Å². The SMILES string of the molecule is CCCC(CCO)OC(=O)C(=C(C)C)C(OC(CCC)CCO)OC(CCC)CCO. The summed E-state index contributed by atoms with van der Waals surface area (Å²) in [6.07, 6.45) is 4.14. The van der Waals surface area contributed by atoms with Gasteiger partial charge < -0.3 is 29.5 Å². The van der Waals surface area contributed by atoms with Crippen LogP contribution in [0, 0.1) is 0 Å². The van der Waals surface area contributed by atoms with Crippen molar-refractivity contribution < 1.29 is 34.3 Å². The van der Waals surface area contributed by atoms with Gasteiger partial charge in [-0.2, -0.15) is 0 Å². The third-order valence-corrected chi connectivity index (χ3v) is 5.09. The molecule has 0 aliphatic carbocycles. The maximum atomic E-state index is 13.2. The number of esters is 1. The Balaban J connectivity index is 5.83. The fourth-order valence-corrected chi connectivity index (χ4v) is 3.49. The van der Waals surface area contributed by atoms with Crippen molar-refractivity contribution in [3.63, 3.8) is 0 Å². The molecule has 0 saturated carbocycles. The van der Waals surface area contributed by atoms with Crippen molar-refractivity contribution in [1.82, 2.24) is 0 Å². The normalized spacial score (nSPS) is 15.2. The molecule has 0 aliphatic rings. The highest BCUT2D eigenvalue weighted by Gasteiger charge is 2.31. The lowest BCUT2D eigenvalue weighted by molar-refractivity contribution is -0.189. The first kappa shape index (κ1) is 30.0. The Bertz CT molecular complexity index is 452. The average molecular weight is 447 g/mol. The number of ether oxygens (including phenoxy) is 3. The quantitative estimate of drug-likeness (QED) is 0.157. The summed E-state index contributed by atoms with van der Waals surface area (Å²) >= 11 is 0. The molecule has 31 heavy (non-hydrogen) atoms. The molecule has 7 nitrogen and oxygen atoms in total. The predicted molar refractivity (Wildman–Crippen MR) is 122 cm³/mol. The van der Waals surface area contributed by atoms with Gasteiger partial charge in [-0.15, -0.1) is 0 Å². The summed E-state index contributed by atoms with van der Waals surface area (Å²) in [5.74, 6) is -0.504. The maximum Gasteiger partial charge on any atom is 0.339 e. The molecule has 7 heteroatoms. The summed E-state index contributed by atoms with van der Waals surface area (Å²) in [4.78, 5) is 13.2. The number of rotatable bonds is 19. The number of hydrogen-bond donors (Lipinski definition) is 3. The van der Waals surface area contributed by atoms with Gasteiger partial charge in [-0.25, -0.2) is 4.79 Å². The van der Waals surface area contributed by atoms with Gasteiger partial charge in [-0.05, 0) is 46.0 Å². The summed E-state index contributed by atoms with van der Waals surface area (Å²) in [6.45, 7) is 9.63. The molecule has 0 rings (SSSR count). The minimum absolute atomic E-state index is 0.0178. The van der Waals surface area contributed by atoms with E-state index in [0.717, 1.165) is 37.7 Å². The van der Waals surface area contributed by atoms with Gasteiger partial charge in [0.1, 0.15) is 6.10 Å². The van der Waals surface area contributed by atoms with Crippen LogP contribution in [0.5, 0.6) is 0 Å². The van der Waals surface area contributed by atoms with Crippen molar-refractivity contribution in [2.24, 2.45) is 0 Å². The van der Waals surface area contributed by atoms with Gasteiger partial charge in [0.2, 0.25) is 0 Å². The van der Waals surface area contributed by atoms with E-state index in [0.29, 0.717) is 31.3 Å². The number of aliphatic hydroxyl groups is 3. The average Bonchev–Trinajstić information content (AvgIpc) is 2.69. The second-order valence-electron chi connectivity index (χ2n) is 8.19. The van der Waals surface area contributed by atoms with Gasteiger partial charge >= 0.3 is 5.97 Å². The molecule has 0 aromatic carbocycles. The van der Waals surface area contributed by atoms with Crippen LogP contribution < -0.4 is 0 Å². The highest BCUT2D eigenvalue weighted by atomic mass is 16.7. The largest absolute Gasteiger partial charge is 0.459 e. The van der Waals surface area contributed by atoms with E-state index in [-0.39, 0.29) is 38.1 Å². The highest BCUT2D eigenvalue weighted by molar-refractivity contribution is 5.90. The van der Waals surface area contributed by atoms with Gasteiger partial charge in [0.25, 0.3) is 0 Å². The molecule has 0 aromatic heterocycles. The topological polar surface area (TPSA) is 105 Å². The molecule has 0 aromatic rings. The van der Waals surface area contributed by atoms with E-state index in [1.807, 2.05) is 34.6 Å². The number of carbonyl (C=O) groups is 1. The first-order chi connectivity index (χ1) is 14.9. The monoisotopic (exact) mass is 446 g/mol. The molecule has 0 fully saturated rings. The van der Waals surface area contributed by atoms with Crippen molar-refractivity contribution in [3.8, 4) is 0 Å². The van der Waals surface area contributed by atoms with Gasteiger partial charge in [0, 0.05) is 26.2 Å². The van der Waals surface area contributed by atoms with Crippen LogP contribution in [-0.4, -0.2) is 65.7 Å². The van der Waals surface area contributed by atoms with Crippen LogP contribution in [0.3, 0.4) is 0 Å². The Labute approximate surface area is 188 Å². The molecule has 184 valence electrons. The number of aliphatic hydroxyl groups excluding tert-OH is 3. The molecular formula is C24H46O7. The lowest BCUT2D eigenvalue weighted by atomic mass is 10.1. The Morgan fingerprint density at radius 2 is 1.06 bits per heavy atom. The van der Waals surface area contributed by atoms with Crippen LogP contribution in [0.2, 0.25) is 0 Å². The summed E-state index contributed by atoms with van der Waals surface area (Å²) in [6, 6.07) is 0. The second-order valence-corrected chi connectivity index (χ2v) is 8.19. The first-order valence-corrected chi connectivity index (χ1v) is 11.9. The molecule has 0 spiro atoms. The fourth-order valence-electron chi connectivity index (χ4n) is 3.49. The lowest BCUT2D eigenvalue weighted by Crippen LogP contribution is -2.36. The van der Waals surface area contributed by atoms with Crippen molar-refractivity contribution in [2.45, 2.75) is 117 Å². The van der Waals surface area contributed by atoms with Crippen molar-refractivity contribution in [2.75, 3.05) is 19.8 Å². The summed E-state index contributed by atoms with van der Waals surface area (Å²) < 4.78 is 18.2. The fraction of sp³-hybridized carbons (Fsp3) is 0.875. The van der Waals surface area contributed by atoms with Gasteiger partial charge in [0.05, 0.1) is 17.8 Å². The Morgan fingerprint density at radius 3 is 1.42 bits per heavy atom.